The van der Waals surface area contributed by atoms with Crippen molar-refractivity contribution in [2.24, 2.45) is 0 Å². The number of alkyl halides is 3. The molecule has 0 fully saturated rings. The molecule has 0 unspecified atom stereocenters. The van der Waals surface area contributed by atoms with E-state index in [4.69, 9.17) is 4.74 Å². The number of halogens is 3. The number of anilines is 1. The minimum Gasteiger partial charge on any atom is -0.444 e. The number of benzene rings is 3. The van der Waals surface area contributed by atoms with E-state index in [9.17, 15) is 22.8 Å². The van der Waals surface area contributed by atoms with Crippen LogP contribution in [0.1, 0.15) is 43.0 Å². The second-order valence-electron chi connectivity index (χ2n) is 11.0. The molecule has 1 heterocycles. The Balaban J connectivity index is 1.43. The molecule has 0 atom stereocenters. The summed E-state index contributed by atoms with van der Waals surface area (Å²) >= 11 is 0. The molecule has 10 heteroatoms. The van der Waals surface area contributed by atoms with Gasteiger partial charge in [-0.3, -0.25) is 4.98 Å². The van der Waals surface area contributed by atoms with Crippen LogP contribution in [0, 0.1) is 0 Å². The highest BCUT2D eigenvalue weighted by atomic mass is 19.4. The number of carbonyl (C=O) groups excluding carboxylic acids is 2. The molecule has 0 radical (unpaired) electrons. The summed E-state index contributed by atoms with van der Waals surface area (Å²) in [5.74, 6) is 0. The van der Waals surface area contributed by atoms with E-state index in [0.29, 0.717) is 6.54 Å². The number of ether oxygens (including phenoxy) is 1. The van der Waals surface area contributed by atoms with Crippen molar-refractivity contribution in [1.29, 1.82) is 0 Å². The highest BCUT2D eigenvalue weighted by Gasteiger charge is 2.30. The minimum atomic E-state index is -4.52. The molecule has 4 aromatic rings. The first-order chi connectivity index (χ1) is 20.4. The molecule has 43 heavy (non-hydrogen) atoms. The monoisotopic (exact) mass is 590 g/mol. The second-order valence-corrected chi connectivity index (χ2v) is 11.0. The Kier molecular flexibility index (Phi) is 9.70. The number of nitrogens with zero attached hydrogens (tertiary/aromatic N) is 2. The summed E-state index contributed by atoms with van der Waals surface area (Å²) in [6.45, 7) is 6.18. The van der Waals surface area contributed by atoms with E-state index in [1.54, 1.807) is 39.2 Å². The molecule has 0 saturated heterocycles. The Labute approximate surface area is 248 Å². The maximum atomic E-state index is 13.2. The number of alkyl carbamates (subject to hydrolysis) is 1. The van der Waals surface area contributed by atoms with E-state index >= 15 is 0 Å². The van der Waals surface area contributed by atoms with Crippen LogP contribution in [0.4, 0.5) is 28.4 Å². The van der Waals surface area contributed by atoms with Gasteiger partial charge in [0.1, 0.15) is 5.60 Å². The van der Waals surface area contributed by atoms with Gasteiger partial charge in [-0.1, -0.05) is 60.7 Å². The van der Waals surface area contributed by atoms with E-state index in [-0.39, 0.29) is 18.8 Å². The van der Waals surface area contributed by atoms with Gasteiger partial charge in [0.2, 0.25) is 0 Å². The summed E-state index contributed by atoms with van der Waals surface area (Å²) in [6, 6.07) is 23.0. The van der Waals surface area contributed by atoms with Crippen LogP contribution in [0.5, 0.6) is 0 Å². The Hall–Kier alpha value is -4.86. The van der Waals surface area contributed by atoms with Crippen molar-refractivity contribution < 1.29 is 27.5 Å². The van der Waals surface area contributed by atoms with Gasteiger partial charge < -0.3 is 20.3 Å². The minimum absolute atomic E-state index is 0.0519. The molecule has 0 saturated carbocycles. The van der Waals surface area contributed by atoms with Gasteiger partial charge in [-0.25, -0.2) is 9.59 Å². The van der Waals surface area contributed by atoms with Crippen LogP contribution in [0.2, 0.25) is 0 Å². The first-order valence-electron chi connectivity index (χ1n) is 13.6. The zero-order valence-corrected chi connectivity index (χ0v) is 24.1. The SMILES string of the molecule is CC(C)(C)OC(=O)NCc1ccc(-c2ccc(CN(Cc3cccnc3)C(=O)Nc3cccc(C(F)(F)F)c3)cc2)cc1. The fraction of sp³-hybridized carbons (Fsp3) is 0.242. The van der Waals surface area contributed by atoms with Crippen molar-refractivity contribution in [3.63, 3.8) is 0 Å². The molecule has 0 bridgehead atoms. The molecule has 2 N–H and O–H groups in total. The van der Waals surface area contributed by atoms with Crippen LogP contribution in [0.25, 0.3) is 11.1 Å². The Morgan fingerprint density at radius 2 is 1.44 bits per heavy atom. The largest absolute Gasteiger partial charge is 0.444 e. The molecule has 4 rings (SSSR count). The summed E-state index contributed by atoms with van der Waals surface area (Å²) in [6.07, 6.45) is -1.73. The molecular weight excluding hydrogens is 557 g/mol. The van der Waals surface area contributed by atoms with E-state index < -0.39 is 29.5 Å². The molecule has 0 aliphatic rings. The summed E-state index contributed by atoms with van der Waals surface area (Å²) < 4.78 is 44.8. The Bertz CT molecular complexity index is 1520. The Morgan fingerprint density at radius 1 is 0.814 bits per heavy atom. The van der Waals surface area contributed by atoms with E-state index in [1.807, 2.05) is 54.6 Å². The number of urea groups is 1. The predicted octanol–water partition coefficient (Wildman–Crippen LogP) is 8.03. The van der Waals surface area contributed by atoms with Crippen molar-refractivity contribution in [2.75, 3.05) is 5.32 Å². The van der Waals surface area contributed by atoms with E-state index in [1.165, 1.54) is 17.0 Å². The van der Waals surface area contributed by atoms with Gasteiger partial charge in [0, 0.05) is 37.7 Å². The summed E-state index contributed by atoms with van der Waals surface area (Å²) in [7, 11) is 0. The maximum Gasteiger partial charge on any atom is 0.416 e. The molecule has 7 nitrogen and oxygen atoms in total. The first-order valence-corrected chi connectivity index (χ1v) is 13.6. The summed E-state index contributed by atoms with van der Waals surface area (Å²) in [5, 5.41) is 5.34. The van der Waals surface area contributed by atoms with Gasteiger partial charge in [-0.2, -0.15) is 13.2 Å². The van der Waals surface area contributed by atoms with Crippen LogP contribution in [0.3, 0.4) is 0 Å². The van der Waals surface area contributed by atoms with Crippen molar-refractivity contribution in [3.8, 4) is 11.1 Å². The molecule has 0 aliphatic carbocycles. The lowest BCUT2D eigenvalue weighted by molar-refractivity contribution is -0.137. The van der Waals surface area contributed by atoms with Gasteiger partial charge in [-0.05, 0) is 72.9 Å². The van der Waals surface area contributed by atoms with E-state index in [2.05, 4.69) is 15.6 Å². The van der Waals surface area contributed by atoms with Gasteiger partial charge in [-0.15, -0.1) is 0 Å². The van der Waals surface area contributed by atoms with Crippen molar-refractivity contribution in [1.82, 2.24) is 15.2 Å². The lowest BCUT2D eigenvalue weighted by atomic mass is 10.0. The molecule has 0 aliphatic heterocycles. The highest BCUT2D eigenvalue weighted by Crippen LogP contribution is 2.31. The number of rotatable bonds is 8. The number of carbonyl (C=O) groups is 2. The third-order valence-corrected chi connectivity index (χ3v) is 6.27. The van der Waals surface area contributed by atoms with Crippen molar-refractivity contribution in [2.45, 2.75) is 52.2 Å². The van der Waals surface area contributed by atoms with Gasteiger partial charge in [0.15, 0.2) is 0 Å². The lowest BCUT2D eigenvalue weighted by Crippen LogP contribution is -2.34. The number of nitrogens with one attached hydrogen (secondary N) is 2. The van der Waals surface area contributed by atoms with Gasteiger partial charge in [0.05, 0.1) is 5.56 Å². The molecule has 3 amide bonds. The standard InChI is InChI=1S/C33H33F3N4O3/c1-32(2,3)43-31(42)38-20-23-9-13-26(14-10-23)27-15-11-24(12-16-27)21-40(22-25-6-5-17-37-19-25)30(41)39-29-8-4-7-28(18-29)33(34,35)36/h4-19H,20-22H2,1-3H3,(H,38,42)(H,39,41). The fourth-order valence-corrected chi connectivity index (χ4v) is 4.21. The van der Waals surface area contributed by atoms with Crippen molar-refractivity contribution in [3.05, 3.63) is 120 Å². The smallest absolute Gasteiger partial charge is 0.416 e. The van der Waals surface area contributed by atoms with Gasteiger partial charge >= 0.3 is 18.3 Å². The third-order valence-electron chi connectivity index (χ3n) is 6.27. The molecule has 3 aromatic carbocycles. The van der Waals surface area contributed by atoms with Crippen LogP contribution in [0.15, 0.2) is 97.3 Å². The summed E-state index contributed by atoms with van der Waals surface area (Å²) in [4.78, 5) is 30.8. The number of amides is 3. The molecule has 0 spiro atoms. The van der Waals surface area contributed by atoms with Crippen LogP contribution in [-0.4, -0.2) is 27.6 Å². The maximum absolute atomic E-state index is 13.2. The zero-order valence-electron chi connectivity index (χ0n) is 24.1. The Morgan fingerprint density at radius 3 is 2.02 bits per heavy atom. The molecule has 224 valence electrons. The van der Waals surface area contributed by atoms with Crippen molar-refractivity contribution >= 4 is 17.8 Å². The van der Waals surface area contributed by atoms with Gasteiger partial charge in [0.25, 0.3) is 0 Å². The number of hydrogen-bond donors (Lipinski definition) is 2. The second kappa shape index (κ2) is 13.4. The van der Waals surface area contributed by atoms with Crippen LogP contribution >= 0.6 is 0 Å². The average molecular weight is 591 g/mol. The third kappa shape index (κ3) is 9.59. The number of hydrogen-bond acceptors (Lipinski definition) is 4. The topological polar surface area (TPSA) is 83.6 Å². The molecular formula is C33H33F3N4O3. The normalized spacial score (nSPS) is 11.5. The van der Waals surface area contributed by atoms with E-state index in [0.717, 1.165) is 39.9 Å². The number of pyridine rings is 1. The number of aromatic nitrogens is 1. The lowest BCUT2D eigenvalue weighted by Gasteiger charge is -2.24. The quantitative estimate of drug-likeness (QED) is 0.218. The molecule has 1 aromatic heterocycles. The average Bonchev–Trinajstić information content (AvgIpc) is 2.96. The van der Waals surface area contributed by atoms with Crippen LogP contribution < -0.4 is 10.6 Å². The predicted molar refractivity (Wildman–Crippen MR) is 159 cm³/mol. The highest BCUT2D eigenvalue weighted by molar-refractivity contribution is 5.89. The van der Waals surface area contributed by atoms with Crippen LogP contribution in [-0.2, 0) is 30.5 Å². The first kappa shape index (κ1) is 31.1. The fourth-order valence-electron chi connectivity index (χ4n) is 4.21. The summed E-state index contributed by atoms with van der Waals surface area (Å²) in [5.41, 5.74) is 3.11. The zero-order chi connectivity index (χ0) is 31.0.